The second-order valence-corrected chi connectivity index (χ2v) is 11.0. The van der Waals surface area contributed by atoms with E-state index in [0.29, 0.717) is 16.2 Å². The Balaban J connectivity index is 1.69. The summed E-state index contributed by atoms with van der Waals surface area (Å²) in [6.07, 6.45) is 13.7. The van der Waals surface area contributed by atoms with Gasteiger partial charge in [0.05, 0.1) is 0 Å². The Morgan fingerprint density at radius 1 is 0.682 bits per heavy atom. The lowest BCUT2D eigenvalue weighted by atomic mass is 9.39. The summed E-state index contributed by atoms with van der Waals surface area (Å²) >= 11 is 0. The van der Waals surface area contributed by atoms with Crippen molar-refractivity contribution in [2.45, 2.75) is 92.4 Å². The average molecular weight is 303 g/mol. The molecule has 0 amide bonds. The third kappa shape index (κ3) is 1.94. The van der Waals surface area contributed by atoms with Crippen LogP contribution >= 0.6 is 0 Å². The van der Waals surface area contributed by atoms with Gasteiger partial charge in [0.25, 0.3) is 0 Å². The summed E-state index contributed by atoms with van der Waals surface area (Å²) in [5.74, 6) is 5.04. The van der Waals surface area contributed by atoms with Crippen molar-refractivity contribution in [1.29, 1.82) is 0 Å². The van der Waals surface area contributed by atoms with Crippen LogP contribution in [0.5, 0.6) is 0 Å². The van der Waals surface area contributed by atoms with Gasteiger partial charge in [0.1, 0.15) is 0 Å². The maximum atomic E-state index is 2.73. The van der Waals surface area contributed by atoms with Crippen LogP contribution in [-0.4, -0.2) is 0 Å². The van der Waals surface area contributed by atoms with Gasteiger partial charge in [0.2, 0.25) is 0 Å². The highest BCUT2D eigenvalue weighted by Gasteiger charge is 2.63. The lowest BCUT2D eigenvalue weighted by Crippen LogP contribution is -2.57. The maximum absolute atomic E-state index is 2.73. The molecule has 126 valence electrons. The predicted molar refractivity (Wildman–Crippen MR) is 94.7 cm³/mol. The molecule has 4 rings (SSSR count). The molecule has 4 fully saturated rings. The Kier molecular flexibility index (Phi) is 3.36. The van der Waals surface area contributed by atoms with Crippen molar-refractivity contribution in [3.63, 3.8) is 0 Å². The zero-order chi connectivity index (χ0) is 15.8. The number of hydrogen-bond donors (Lipinski definition) is 0. The Bertz CT molecular complexity index is 453. The number of rotatable bonds is 0. The molecule has 0 radical (unpaired) electrons. The average Bonchev–Trinajstić information content (AvgIpc) is 2.76. The standard InChI is InChI=1S/C22H38/c1-15-6-10-21(4)17(12-15)7-11-22(5)18(21)8-9-20(3)14-16(2)13-19(20)22/h15-19H,6-14H2,1-5H3/t15?,16?,17?,18?,19?,20-,21+,22-/m1/s1. The predicted octanol–water partition coefficient (Wildman–Crippen LogP) is 6.69. The summed E-state index contributed by atoms with van der Waals surface area (Å²) in [6, 6.07) is 0. The monoisotopic (exact) mass is 302 g/mol. The SMILES string of the molecule is CC1CC[C@@]2(C)C(CC[C@@]3(C)C4CC(C)C[C@@]4(C)CCC23)C1. The molecule has 0 heterocycles. The lowest BCUT2D eigenvalue weighted by molar-refractivity contribution is -0.162. The van der Waals surface area contributed by atoms with Crippen molar-refractivity contribution in [1.82, 2.24) is 0 Å². The van der Waals surface area contributed by atoms with Gasteiger partial charge in [-0.25, -0.2) is 0 Å². The van der Waals surface area contributed by atoms with E-state index in [4.69, 9.17) is 0 Å². The Morgan fingerprint density at radius 3 is 2.18 bits per heavy atom. The smallest absolute Gasteiger partial charge is 0.0259 e. The summed E-state index contributed by atoms with van der Waals surface area (Å²) in [5.41, 5.74) is 2.01. The normalized spacial score (nSPS) is 61.2. The third-order valence-electron chi connectivity index (χ3n) is 9.51. The van der Waals surface area contributed by atoms with Gasteiger partial charge in [0, 0.05) is 0 Å². The first-order valence-electron chi connectivity index (χ1n) is 10.3. The van der Waals surface area contributed by atoms with Crippen molar-refractivity contribution >= 4 is 0 Å². The van der Waals surface area contributed by atoms with Gasteiger partial charge in [-0.1, -0.05) is 41.0 Å². The summed E-state index contributed by atoms with van der Waals surface area (Å²) < 4.78 is 0. The van der Waals surface area contributed by atoms with Crippen LogP contribution in [0.2, 0.25) is 0 Å². The van der Waals surface area contributed by atoms with Crippen LogP contribution in [0.3, 0.4) is 0 Å². The lowest BCUT2D eigenvalue weighted by Gasteiger charge is -2.65. The molecule has 22 heavy (non-hydrogen) atoms. The summed E-state index contributed by atoms with van der Waals surface area (Å²) in [5, 5.41) is 0. The highest BCUT2D eigenvalue weighted by molar-refractivity contribution is 5.12. The largest absolute Gasteiger partial charge is 0.0625 e. The number of fused-ring (bicyclic) bond motifs is 5. The molecule has 4 aliphatic carbocycles. The molecule has 0 aromatic carbocycles. The maximum Gasteiger partial charge on any atom is -0.0259 e. The van der Waals surface area contributed by atoms with Crippen LogP contribution in [0.1, 0.15) is 92.4 Å². The fourth-order valence-corrected chi connectivity index (χ4v) is 8.55. The molecule has 0 bridgehead atoms. The van der Waals surface area contributed by atoms with E-state index in [-0.39, 0.29) is 0 Å². The van der Waals surface area contributed by atoms with Gasteiger partial charge in [-0.05, 0) is 97.2 Å². The molecule has 0 N–H and O–H groups in total. The van der Waals surface area contributed by atoms with Crippen molar-refractivity contribution in [2.24, 2.45) is 45.8 Å². The molecule has 0 spiro atoms. The fourth-order valence-electron chi connectivity index (χ4n) is 8.55. The van der Waals surface area contributed by atoms with Crippen molar-refractivity contribution in [3.8, 4) is 0 Å². The molecule has 8 atom stereocenters. The first kappa shape index (κ1) is 15.5. The van der Waals surface area contributed by atoms with Crippen molar-refractivity contribution in [2.75, 3.05) is 0 Å². The van der Waals surface area contributed by atoms with E-state index < -0.39 is 0 Å². The molecule has 0 aliphatic heterocycles. The van der Waals surface area contributed by atoms with Crippen molar-refractivity contribution in [3.05, 3.63) is 0 Å². The zero-order valence-corrected chi connectivity index (χ0v) is 15.8. The van der Waals surface area contributed by atoms with Gasteiger partial charge >= 0.3 is 0 Å². The first-order valence-corrected chi connectivity index (χ1v) is 10.3. The molecular weight excluding hydrogens is 264 g/mol. The highest BCUT2D eigenvalue weighted by atomic mass is 14.7. The fraction of sp³-hybridized carbons (Fsp3) is 1.00. The van der Waals surface area contributed by atoms with E-state index in [2.05, 4.69) is 34.6 Å². The second-order valence-electron chi connectivity index (χ2n) is 11.0. The van der Waals surface area contributed by atoms with Crippen LogP contribution in [0.4, 0.5) is 0 Å². The second kappa shape index (κ2) is 4.76. The molecule has 0 aromatic rings. The van der Waals surface area contributed by atoms with Gasteiger partial charge < -0.3 is 0 Å². The summed E-state index contributed by atoms with van der Waals surface area (Å²) in [6.45, 7) is 13.1. The molecule has 0 heteroatoms. The first-order chi connectivity index (χ1) is 10.3. The molecule has 0 saturated heterocycles. The van der Waals surface area contributed by atoms with Crippen LogP contribution in [0.15, 0.2) is 0 Å². The molecular formula is C22H38. The minimum atomic E-state index is 0.656. The van der Waals surface area contributed by atoms with E-state index in [1.807, 2.05) is 0 Å². The van der Waals surface area contributed by atoms with Gasteiger partial charge in [-0.15, -0.1) is 0 Å². The Labute approximate surface area is 138 Å². The van der Waals surface area contributed by atoms with Crippen LogP contribution in [0, 0.1) is 45.8 Å². The van der Waals surface area contributed by atoms with E-state index >= 15 is 0 Å². The third-order valence-corrected chi connectivity index (χ3v) is 9.51. The topological polar surface area (TPSA) is 0 Å². The Hall–Kier alpha value is 0. The van der Waals surface area contributed by atoms with E-state index in [9.17, 15) is 0 Å². The van der Waals surface area contributed by atoms with Crippen LogP contribution in [-0.2, 0) is 0 Å². The zero-order valence-electron chi connectivity index (χ0n) is 15.8. The Morgan fingerprint density at radius 2 is 1.41 bits per heavy atom. The number of hydrogen-bond acceptors (Lipinski definition) is 0. The van der Waals surface area contributed by atoms with Gasteiger partial charge in [-0.2, -0.15) is 0 Å². The van der Waals surface area contributed by atoms with E-state index in [1.165, 1.54) is 57.8 Å². The summed E-state index contributed by atoms with van der Waals surface area (Å²) in [7, 11) is 0. The molecule has 0 nitrogen and oxygen atoms in total. The molecule has 5 unspecified atom stereocenters. The molecule has 4 saturated carbocycles. The van der Waals surface area contributed by atoms with E-state index in [1.54, 1.807) is 0 Å². The van der Waals surface area contributed by atoms with Gasteiger partial charge in [0.15, 0.2) is 0 Å². The summed E-state index contributed by atoms with van der Waals surface area (Å²) in [4.78, 5) is 0. The highest BCUT2D eigenvalue weighted by Crippen LogP contribution is 2.72. The quantitative estimate of drug-likeness (QED) is 0.467. The minimum absolute atomic E-state index is 0.656. The van der Waals surface area contributed by atoms with E-state index in [0.717, 1.165) is 29.6 Å². The van der Waals surface area contributed by atoms with Crippen molar-refractivity contribution < 1.29 is 0 Å². The minimum Gasteiger partial charge on any atom is -0.0625 e. The van der Waals surface area contributed by atoms with Crippen LogP contribution < -0.4 is 0 Å². The van der Waals surface area contributed by atoms with Gasteiger partial charge in [-0.3, -0.25) is 0 Å². The van der Waals surface area contributed by atoms with Crippen LogP contribution in [0.25, 0.3) is 0 Å². The molecule has 4 aliphatic rings. The molecule has 0 aromatic heterocycles.